The number of hydrogen-bond donors (Lipinski definition) is 6. The van der Waals surface area contributed by atoms with Crippen LogP contribution in [0.5, 0.6) is 0 Å². The number of fused-ring (bicyclic) bond motifs is 3. The minimum Gasteiger partial charge on any atom is -0.386 e. The summed E-state index contributed by atoms with van der Waals surface area (Å²) in [5.41, 5.74) is 2.97. The lowest BCUT2D eigenvalue weighted by molar-refractivity contribution is -0.113. The maximum Gasteiger partial charge on any atom is 0.474 e. The molecule has 250 valence electrons. The number of rotatable bonds is 3. The summed E-state index contributed by atoms with van der Waals surface area (Å²) in [5, 5.41) is 10.5. The lowest BCUT2D eigenvalue weighted by Crippen LogP contribution is -2.40. The van der Waals surface area contributed by atoms with Crippen LogP contribution in [0.15, 0.2) is 28.4 Å². The molecule has 2 fully saturated rings. The minimum absolute atomic E-state index is 0.235. The molecule has 6 rings (SSSR count). The first-order valence-electron chi connectivity index (χ1n) is 13.0. The van der Waals surface area contributed by atoms with Crippen molar-refractivity contribution in [3.63, 3.8) is 0 Å². The zero-order valence-electron chi connectivity index (χ0n) is 23.1. The van der Waals surface area contributed by atoms with Gasteiger partial charge in [0.1, 0.15) is 29.8 Å². The van der Waals surface area contributed by atoms with Gasteiger partial charge in [-0.05, 0) is 0 Å². The van der Waals surface area contributed by atoms with Gasteiger partial charge in [0.15, 0.2) is 41.3 Å². The monoisotopic (exact) mass is 696 g/mol. The number of ether oxygens (including phenoxy) is 2. The number of phosphoric acid groups is 2. The van der Waals surface area contributed by atoms with E-state index in [0.29, 0.717) is 10.8 Å². The first-order valence-corrected chi connectivity index (χ1v) is 16.0. The average Bonchev–Trinajstić information content (AvgIpc) is 3.64. The van der Waals surface area contributed by atoms with Crippen molar-refractivity contribution in [1.29, 1.82) is 0 Å². The van der Waals surface area contributed by atoms with Gasteiger partial charge in [0.25, 0.3) is 11.1 Å². The highest BCUT2D eigenvalue weighted by Gasteiger charge is 2.52. The van der Waals surface area contributed by atoms with Crippen molar-refractivity contribution in [3.05, 3.63) is 45.4 Å². The number of alkyl halides is 1. The molecule has 46 heavy (non-hydrogen) atoms. The molecule has 0 aromatic carbocycles. The molecule has 25 heteroatoms. The summed E-state index contributed by atoms with van der Waals surface area (Å²) in [6, 6.07) is 0. The standard InChI is InChI=1S/C21H24F2N8O13P2/c1-39-8-3-40-45(35,36)43-14-9(42-19(11(14)23)31-6-27-12-16(31)28-21(24)29-18(12)34)4-41-46(37,38)44-20(13(8)32)30-2-7(22)10-15(30)25-5-26-17(10)33/h2,5-6,8-9,11,13-14,19-20,32H,3-4H2,1H3,(H,35,36)(H,37,38)(H,25,26,33)(H3,24,28,29,34)/t8-,9-,11-,13-,14-,19-,20-/m1/s1. The molecule has 7 N–H and O–H groups in total. The number of phosphoric ester groups is 2. The quantitative estimate of drug-likeness (QED) is 0.145. The van der Waals surface area contributed by atoms with Crippen LogP contribution in [0.25, 0.3) is 22.2 Å². The zero-order valence-corrected chi connectivity index (χ0v) is 24.9. The summed E-state index contributed by atoms with van der Waals surface area (Å²) in [7, 11) is -9.59. The Morgan fingerprint density at radius 3 is 2.52 bits per heavy atom. The molecule has 0 amide bonds. The van der Waals surface area contributed by atoms with Crippen LogP contribution in [0, 0.1) is 5.82 Å². The highest BCUT2D eigenvalue weighted by molar-refractivity contribution is 7.47. The van der Waals surface area contributed by atoms with E-state index < -0.39 is 99.9 Å². The molecule has 4 aromatic heterocycles. The number of anilines is 1. The van der Waals surface area contributed by atoms with Gasteiger partial charge in [-0.15, -0.1) is 0 Å². The van der Waals surface area contributed by atoms with Gasteiger partial charge in [0.2, 0.25) is 5.95 Å². The van der Waals surface area contributed by atoms with Crippen LogP contribution >= 0.6 is 15.6 Å². The maximum atomic E-state index is 15.9. The van der Waals surface area contributed by atoms with Crippen molar-refractivity contribution >= 4 is 43.8 Å². The summed E-state index contributed by atoms with van der Waals surface area (Å²) in [4.78, 5) is 61.6. The van der Waals surface area contributed by atoms with Crippen LogP contribution < -0.4 is 16.9 Å². The van der Waals surface area contributed by atoms with Crippen molar-refractivity contribution in [2.24, 2.45) is 0 Å². The molecule has 0 bridgehead atoms. The predicted molar refractivity (Wildman–Crippen MR) is 145 cm³/mol. The fraction of sp³-hybridized carbons (Fsp3) is 0.476. The Morgan fingerprint density at radius 2 is 1.78 bits per heavy atom. The van der Waals surface area contributed by atoms with Gasteiger partial charge in [-0.2, -0.15) is 4.98 Å². The average molecular weight is 696 g/mol. The fourth-order valence-electron chi connectivity index (χ4n) is 5.00. The number of aromatic amines is 2. The first kappa shape index (κ1) is 32.5. The van der Waals surface area contributed by atoms with Gasteiger partial charge in [-0.25, -0.2) is 27.9 Å². The van der Waals surface area contributed by atoms with E-state index in [9.17, 15) is 38.0 Å². The molecular weight excluding hydrogens is 672 g/mol. The highest BCUT2D eigenvalue weighted by Crippen LogP contribution is 2.53. The van der Waals surface area contributed by atoms with Crippen LogP contribution in [-0.4, -0.2) is 99.9 Å². The molecule has 9 atom stereocenters. The number of nitrogens with zero attached hydrogens (tertiary/aromatic N) is 5. The smallest absolute Gasteiger partial charge is 0.386 e. The SMILES string of the molecule is CO[C@@H]1COP(=O)(O)O[C@H]2[C@@H](F)[C@H](n3cnc4c(=O)[nH]c(N)nc43)O[C@@H]2COP(=O)(O)O[C@@H](n2cc(F)c3c(=O)[nH]cnc32)[C@@H]1O. The van der Waals surface area contributed by atoms with Crippen LogP contribution in [0.4, 0.5) is 14.7 Å². The third kappa shape index (κ3) is 5.91. The van der Waals surface area contributed by atoms with E-state index in [1.807, 2.05) is 0 Å². The molecule has 2 unspecified atom stereocenters. The molecule has 6 heterocycles. The number of nitrogens with two attached hydrogens (primary N) is 1. The van der Waals surface area contributed by atoms with E-state index in [-0.39, 0.29) is 17.1 Å². The molecule has 2 aliphatic rings. The molecular formula is C21H24F2N8O13P2. The number of methoxy groups -OCH3 is 1. The number of nitrogen functional groups attached to an aromatic ring is 1. The Kier molecular flexibility index (Phi) is 8.44. The van der Waals surface area contributed by atoms with E-state index in [0.717, 1.165) is 24.3 Å². The molecule has 4 aromatic rings. The molecule has 21 nitrogen and oxygen atoms in total. The molecule has 0 aliphatic carbocycles. The van der Waals surface area contributed by atoms with Gasteiger partial charge in [0.05, 0.1) is 25.9 Å². The summed E-state index contributed by atoms with van der Waals surface area (Å²) >= 11 is 0. The number of halogens is 2. The van der Waals surface area contributed by atoms with Gasteiger partial charge in [0, 0.05) is 13.3 Å². The lowest BCUT2D eigenvalue weighted by atomic mass is 10.1. The van der Waals surface area contributed by atoms with Crippen LogP contribution in [-0.2, 0) is 36.7 Å². The first-order chi connectivity index (χ1) is 21.7. The second kappa shape index (κ2) is 12.0. The van der Waals surface area contributed by atoms with Crippen LogP contribution in [0.1, 0.15) is 12.5 Å². The largest absolute Gasteiger partial charge is 0.474 e. The Labute approximate surface area is 253 Å². The summed E-state index contributed by atoms with van der Waals surface area (Å²) in [6.45, 7) is -2.03. The molecule has 2 aliphatic heterocycles. The fourth-order valence-corrected chi connectivity index (χ4v) is 6.86. The maximum absolute atomic E-state index is 15.9. The van der Waals surface area contributed by atoms with Gasteiger partial charge in [-0.3, -0.25) is 41.8 Å². The third-order valence-electron chi connectivity index (χ3n) is 7.11. The second-order valence-corrected chi connectivity index (χ2v) is 12.8. The molecule has 0 saturated carbocycles. The summed E-state index contributed by atoms with van der Waals surface area (Å²) < 4.78 is 89.6. The highest BCUT2D eigenvalue weighted by atomic mass is 31.2. The molecule has 0 spiro atoms. The van der Waals surface area contributed by atoms with E-state index in [2.05, 4.69) is 24.9 Å². The normalized spacial score (nSPS) is 34.6. The number of imidazole rings is 1. The third-order valence-corrected chi connectivity index (χ3v) is 9.05. The van der Waals surface area contributed by atoms with Crippen LogP contribution in [0.2, 0.25) is 0 Å². The van der Waals surface area contributed by atoms with Crippen molar-refractivity contribution < 1.29 is 60.4 Å². The molecule has 0 radical (unpaired) electrons. The van der Waals surface area contributed by atoms with Crippen molar-refractivity contribution in [1.82, 2.24) is 34.1 Å². The topological polar surface area (TPSA) is 290 Å². The summed E-state index contributed by atoms with van der Waals surface area (Å²) in [6.07, 6.45) is -11.3. The number of aliphatic hydroxyl groups excluding tert-OH is 1. The predicted octanol–water partition coefficient (Wildman–Crippen LogP) is -0.661. The summed E-state index contributed by atoms with van der Waals surface area (Å²) in [5.74, 6) is -1.50. The molecule has 2 saturated heterocycles. The van der Waals surface area contributed by atoms with Crippen LogP contribution in [0.3, 0.4) is 0 Å². The number of aromatic nitrogens is 7. The second-order valence-electron chi connectivity index (χ2n) is 9.96. The number of H-pyrrole nitrogens is 2. The van der Waals surface area contributed by atoms with E-state index in [1.165, 1.54) is 0 Å². The Balaban J connectivity index is 1.37. The van der Waals surface area contributed by atoms with E-state index in [1.54, 1.807) is 0 Å². The van der Waals surface area contributed by atoms with E-state index in [4.69, 9.17) is 33.3 Å². The lowest BCUT2D eigenvalue weighted by Gasteiger charge is -2.30. The van der Waals surface area contributed by atoms with Gasteiger partial charge >= 0.3 is 15.6 Å². The Bertz CT molecular complexity index is 2000. The number of hydrogen-bond acceptors (Lipinski definition) is 15. The van der Waals surface area contributed by atoms with Crippen molar-refractivity contribution in [3.8, 4) is 0 Å². The minimum atomic E-state index is -5.36. The van der Waals surface area contributed by atoms with Gasteiger partial charge in [-0.1, -0.05) is 0 Å². The van der Waals surface area contributed by atoms with Crippen molar-refractivity contribution in [2.45, 2.75) is 43.0 Å². The van der Waals surface area contributed by atoms with Gasteiger partial charge < -0.3 is 35.1 Å². The van der Waals surface area contributed by atoms with Crippen molar-refractivity contribution in [2.75, 3.05) is 26.1 Å². The Morgan fingerprint density at radius 1 is 1.07 bits per heavy atom. The number of aliphatic hydroxyl groups is 1. The van der Waals surface area contributed by atoms with E-state index >= 15 is 4.39 Å². The number of nitrogens with one attached hydrogen (secondary N) is 2. The Hall–Kier alpha value is -3.47. The zero-order chi connectivity index (χ0) is 33.1.